The highest BCUT2D eigenvalue weighted by atomic mass is 19.1. The highest BCUT2D eigenvalue weighted by Crippen LogP contribution is 2.30. The van der Waals surface area contributed by atoms with Crippen molar-refractivity contribution in [3.63, 3.8) is 0 Å². The van der Waals surface area contributed by atoms with Gasteiger partial charge in [0.15, 0.2) is 6.29 Å². The zero-order valence-electron chi connectivity index (χ0n) is 9.23. The van der Waals surface area contributed by atoms with E-state index in [1.807, 2.05) is 4.57 Å². The Bertz CT molecular complexity index is 570. The van der Waals surface area contributed by atoms with Crippen LogP contribution < -0.4 is 0 Å². The van der Waals surface area contributed by atoms with Crippen LogP contribution in [-0.2, 0) is 4.74 Å². The summed E-state index contributed by atoms with van der Waals surface area (Å²) >= 11 is 0. The maximum absolute atomic E-state index is 13.1. The van der Waals surface area contributed by atoms with Crippen molar-refractivity contribution in [1.82, 2.24) is 4.57 Å². The van der Waals surface area contributed by atoms with Gasteiger partial charge in [-0.25, -0.2) is 4.39 Å². The van der Waals surface area contributed by atoms with Crippen molar-refractivity contribution in [2.45, 2.75) is 19.1 Å². The van der Waals surface area contributed by atoms with Crippen LogP contribution >= 0.6 is 0 Å². The number of hydrogen-bond donors (Lipinski definition) is 0. The first kappa shape index (κ1) is 10.5. The van der Waals surface area contributed by atoms with Gasteiger partial charge >= 0.3 is 0 Å². The molecule has 0 N–H and O–H groups in total. The van der Waals surface area contributed by atoms with Crippen molar-refractivity contribution in [3.8, 4) is 0 Å². The number of ether oxygens (including phenoxy) is 1. The van der Waals surface area contributed by atoms with Crippen molar-refractivity contribution < 1.29 is 13.9 Å². The average Bonchev–Trinajstić information content (AvgIpc) is 2.93. The van der Waals surface area contributed by atoms with Gasteiger partial charge in [0.05, 0.1) is 11.2 Å². The SMILES string of the molecule is O=Cc1cc2cc(F)ccc2n1C1CCCO1. The molecular formula is C13H12FNO2. The first-order valence-corrected chi connectivity index (χ1v) is 5.67. The number of benzene rings is 1. The molecule has 0 bridgehead atoms. The normalized spacial score (nSPS) is 19.9. The predicted octanol–water partition coefficient (Wildman–Crippen LogP) is 2.90. The molecule has 1 aliphatic rings. The van der Waals surface area contributed by atoms with Gasteiger partial charge in [-0.3, -0.25) is 4.79 Å². The zero-order chi connectivity index (χ0) is 11.8. The zero-order valence-corrected chi connectivity index (χ0v) is 9.23. The lowest BCUT2D eigenvalue weighted by atomic mass is 10.2. The molecule has 1 saturated heterocycles. The molecule has 3 nitrogen and oxygen atoms in total. The van der Waals surface area contributed by atoms with Crippen LogP contribution in [0.1, 0.15) is 29.6 Å². The van der Waals surface area contributed by atoms with Gasteiger partial charge in [-0.2, -0.15) is 0 Å². The minimum atomic E-state index is -0.292. The second-order valence-electron chi connectivity index (χ2n) is 4.23. The number of halogens is 1. The molecule has 2 aromatic rings. The second-order valence-corrected chi connectivity index (χ2v) is 4.23. The van der Waals surface area contributed by atoms with Crippen LogP contribution in [0.5, 0.6) is 0 Å². The smallest absolute Gasteiger partial charge is 0.166 e. The lowest BCUT2D eigenvalue weighted by Gasteiger charge is -2.15. The van der Waals surface area contributed by atoms with Gasteiger partial charge in [0.25, 0.3) is 0 Å². The molecule has 1 aromatic heterocycles. The molecule has 4 heteroatoms. The highest BCUT2D eigenvalue weighted by Gasteiger charge is 2.21. The Kier molecular flexibility index (Phi) is 2.44. The van der Waals surface area contributed by atoms with E-state index in [1.54, 1.807) is 12.1 Å². The number of aromatic nitrogens is 1. The summed E-state index contributed by atoms with van der Waals surface area (Å²) in [6, 6.07) is 6.24. The molecule has 88 valence electrons. The molecule has 17 heavy (non-hydrogen) atoms. The van der Waals surface area contributed by atoms with Crippen LogP contribution in [0.25, 0.3) is 10.9 Å². The van der Waals surface area contributed by atoms with Gasteiger partial charge in [0, 0.05) is 12.0 Å². The van der Waals surface area contributed by atoms with Crippen molar-refractivity contribution in [2.75, 3.05) is 6.61 Å². The molecule has 1 unspecified atom stereocenters. The second kappa shape index (κ2) is 3.96. The summed E-state index contributed by atoms with van der Waals surface area (Å²) in [6.45, 7) is 0.712. The molecule has 2 heterocycles. The Balaban J connectivity index is 2.22. The summed E-state index contributed by atoms with van der Waals surface area (Å²) in [4.78, 5) is 11.1. The molecule has 0 radical (unpaired) electrons. The molecule has 0 saturated carbocycles. The van der Waals surface area contributed by atoms with E-state index in [1.165, 1.54) is 12.1 Å². The summed E-state index contributed by atoms with van der Waals surface area (Å²) in [7, 11) is 0. The maximum atomic E-state index is 13.1. The Labute approximate surface area is 97.8 Å². The van der Waals surface area contributed by atoms with Crippen LogP contribution in [0, 0.1) is 5.82 Å². The Morgan fingerprint density at radius 1 is 1.41 bits per heavy atom. The van der Waals surface area contributed by atoms with Crippen LogP contribution in [0.4, 0.5) is 4.39 Å². The van der Waals surface area contributed by atoms with E-state index >= 15 is 0 Å². The van der Waals surface area contributed by atoms with Gasteiger partial charge in [-0.1, -0.05) is 0 Å². The van der Waals surface area contributed by atoms with E-state index in [0.29, 0.717) is 12.3 Å². The number of carbonyl (C=O) groups excluding carboxylic acids is 1. The standard InChI is InChI=1S/C13H12FNO2/c14-10-3-4-12-9(6-10)7-11(8-16)15(12)13-2-1-5-17-13/h3-4,6-8,13H,1-2,5H2. The van der Waals surface area contributed by atoms with E-state index in [2.05, 4.69) is 0 Å². The minimum Gasteiger partial charge on any atom is -0.358 e. The van der Waals surface area contributed by atoms with Crippen LogP contribution in [0.2, 0.25) is 0 Å². The first-order chi connectivity index (χ1) is 8.29. The molecule has 0 spiro atoms. The fourth-order valence-electron chi connectivity index (χ4n) is 2.40. The van der Waals surface area contributed by atoms with E-state index in [9.17, 15) is 9.18 Å². The fraction of sp³-hybridized carbons (Fsp3) is 0.308. The topological polar surface area (TPSA) is 31.2 Å². The molecule has 1 aromatic carbocycles. The Hall–Kier alpha value is -1.68. The highest BCUT2D eigenvalue weighted by molar-refractivity contribution is 5.89. The van der Waals surface area contributed by atoms with Crippen molar-refractivity contribution in [2.24, 2.45) is 0 Å². The van der Waals surface area contributed by atoms with E-state index < -0.39 is 0 Å². The third kappa shape index (κ3) is 1.65. The summed E-state index contributed by atoms with van der Waals surface area (Å²) in [5.74, 6) is -0.292. The monoisotopic (exact) mass is 233 g/mol. The van der Waals surface area contributed by atoms with Gasteiger partial charge in [-0.15, -0.1) is 0 Å². The Morgan fingerprint density at radius 2 is 2.29 bits per heavy atom. The number of nitrogens with zero attached hydrogens (tertiary/aromatic N) is 1. The molecule has 1 fully saturated rings. The first-order valence-electron chi connectivity index (χ1n) is 5.67. The average molecular weight is 233 g/mol. The predicted molar refractivity (Wildman–Crippen MR) is 61.5 cm³/mol. The third-order valence-corrected chi connectivity index (χ3v) is 3.15. The van der Waals surface area contributed by atoms with Crippen LogP contribution in [0.15, 0.2) is 24.3 Å². The van der Waals surface area contributed by atoms with E-state index in [0.717, 1.165) is 30.0 Å². The number of hydrogen-bond acceptors (Lipinski definition) is 2. The summed E-state index contributed by atoms with van der Waals surface area (Å²) in [5.41, 5.74) is 1.39. The summed E-state index contributed by atoms with van der Waals surface area (Å²) in [5, 5.41) is 0.739. The number of fused-ring (bicyclic) bond motifs is 1. The lowest BCUT2D eigenvalue weighted by Crippen LogP contribution is -2.09. The number of carbonyl (C=O) groups is 1. The van der Waals surface area contributed by atoms with Crippen LogP contribution in [0.3, 0.4) is 0 Å². The summed E-state index contributed by atoms with van der Waals surface area (Å²) in [6.07, 6.45) is 2.57. The van der Waals surface area contributed by atoms with Crippen molar-refractivity contribution in [3.05, 3.63) is 35.8 Å². The maximum Gasteiger partial charge on any atom is 0.166 e. The van der Waals surface area contributed by atoms with Crippen molar-refractivity contribution in [1.29, 1.82) is 0 Å². The van der Waals surface area contributed by atoms with Gasteiger partial charge in [0.2, 0.25) is 0 Å². The molecular weight excluding hydrogens is 221 g/mol. The van der Waals surface area contributed by atoms with Gasteiger partial charge in [0.1, 0.15) is 12.0 Å². The number of rotatable bonds is 2. The molecule has 3 rings (SSSR count). The number of aldehydes is 1. The largest absolute Gasteiger partial charge is 0.358 e. The van der Waals surface area contributed by atoms with Gasteiger partial charge in [-0.05, 0) is 37.1 Å². The lowest BCUT2D eigenvalue weighted by molar-refractivity contribution is 0.0579. The quantitative estimate of drug-likeness (QED) is 0.747. The van der Waals surface area contributed by atoms with E-state index in [4.69, 9.17) is 4.74 Å². The minimum absolute atomic E-state index is 0.0989. The Morgan fingerprint density at radius 3 is 3.00 bits per heavy atom. The summed E-state index contributed by atoms with van der Waals surface area (Å²) < 4.78 is 20.6. The third-order valence-electron chi connectivity index (χ3n) is 3.15. The fourth-order valence-corrected chi connectivity index (χ4v) is 2.40. The van der Waals surface area contributed by atoms with Gasteiger partial charge < -0.3 is 9.30 Å². The van der Waals surface area contributed by atoms with E-state index in [-0.39, 0.29) is 12.0 Å². The van der Waals surface area contributed by atoms with Crippen molar-refractivity contribution >= 4 is 17.2 Å². The molecule has 0 amide bonds. The molecule has 1 aliphatic heterocycles. The van der Waals surface area contributed by atoms with Crippen LogP contribution in [-0.4, -0.2) is 17.5 Å². The molecule has 1 atom stereocenters. The molecule has 0 aliphatic carbocycles.